The van der Waals surface area contributed by atoms with Crippen LogP contribution < -0.4 is 0 Å². The van der Waals surface area contributed by atoms with Gasteiger partial charge >= 0.3 is 0 Å². The van der Waals surface area contributed by atoms with Gasteiger partial charge in [0.2, 0.25) is 5.16 Å². The number of carbonyl (C=O) groups is 1. The van der Waals surface area contributed by atoms with Crippen molar-refractivity contribution in [3.63, 3.8) is 0 Å². The number of hydrogen-bond acceptors (Lipinski definition) is 5. The van der Waals surface area contributed by atoms with Crippen LogP contribution in [0.1, 0.15) is 38.4 Å². The molecule has 0 N–H and O–H groups in total. The topological polar surface area (TPSA) is 60.2 Å². The van der Waals surface area contributed by atoms with Gasteiger partial charge in [0.1, 0.15) is 0 Å². The summed E-state index contributed by atoms with van der Waals surface area (Å²) in [5.74, 6) is 1.000. The predicted octanol–water partition coefficient (Wildman–Crippen LogP) is 3.64. The molecule has 3 aromatic rings. The third kappa shape index (κ3) is 3.19. The molecule has 2 aromatic heterocycles. The van der Waals surface area contributed by atoms with E-state index >= 15 is 0 Å². The van der Waals surface area contributed by atoms with Crippen LogP contribution >= 0.6 is 11.8 Å². The highest BCUT2D eigenvalue weighted by Crippen LogP contribution is 2.21. The molecule has 0 spiro atoms. The molecule has 124 valence electrons. The van der Waals surface area contributed by atoms with E-state index in [0.717, 1.165) is 28.1 Å². The molecule has 2 heterocycles. The highest BCUT2D eigenvalue weighted by molar-refractivity contribution is 7.99. The predicted molar refractivity (Wildman–Crippen MR) is 96.0 cm³/mol. The molecular formula is C18H20N4OS. The molecule has 0 amide bonds. The molecule has 0 bridgehead atoms. The lowest BCUT2D eigenvalue weighted by Gasteiger charge is -2.09. The van der Waals surface area contributed by atoms with E-state index in [2.05, 4.69) is 15.1 Å². The van der Waals surface area contributed by atoms with E-state index in [4.69, 9.17) is 0 Å². The van der Waals surface area contributed by atoms with Crippen molar-refractivity contribution >= 4 is 23.3 Å². The number of hydrogen-bond donors (Lipinski definition) is 0. The number of rotatable bonds is 4. The van der Waals surface area contributed by atoms with Gasteiger partial charge in [-0.15, -0.1) is 5.10 Å². The van der Waals surface area contributed by atoms with E-state index in [1.165, 1.54) is 17.3 Å². The first kappa shape index (κ1) is 16.6. The Balaban J connectivity index is 1.81. The van der Waals surface area contributed by atoms with Crippen molar-refractivity contribution in [3.05, 3.63) is 51.8 Å². The minimum absolute atomic E-state index is 0.106. The molecule has 0 atom stereocenters. The summed E-state index contributed by atoms with van der Waals surface area (Å²) in [6.45, 7) is 9.91. The quantitative estimate of drug-likeness (QED) is 0.536. The Kier molecular flexibility index (Phi) is 4.41. The first-order valence-corrected chi connectivity index (χ1v) is 8.78. The van der Waals surface area contributed by atoms with Gasteiger partial charge in [0.25, 0.3) is 5.78 Å². The van der Waals surface area contributed by atoms with Crippen molar-refractivity contribution in [2.45, 2.75) is 39.8 Å². The Morgan fingerprint density at radius 2 is 1.71 bits per heavy atom. The lowest BCUT2D eigenvalue weighted by Crippen LogP contribution is -2.08. The smallest absolute Gasteiger partial charge is 0.253 e. The molecule has 0 unspecified atom stereocenters. The van der Waals surface area contributed by atoms with Crippen LogP contribution in [-0.2, 0) is 0 Å². The third-order valence-electron chi connectivity index (χ3n) is 3.89. The van der Waals surface area contributed by atoms with Gasteiger partial charge in [-0.1, -0.05) is 29.5 Å². The van der Waals surface area contributed by atoms with Gasteiger partial charge in [-0.25, -0.2) is 9.50 Å². The molecule has 1 aromatic carbocycles. The van der Waals surface area contributed by atoms with Crippen LogP contribution in [0.4, 0.5) is 0 Å². The van der Waals surface area contributed by atoms with Crippen LogP contribution in [0.5, 0.6) is 0 Å². The van der Waals surface area contributed by atoms with Crippen molar-refractivity contribution in [2.75, 3.05) is 5.75 Å². The SMILES string of the molecule is Cc1cc(C)c(C(=O)CSc2nc3nc(C)cc(C)n3n2)c(C)c1. The van der Waals surface area contributed by atoms with Gasteiger partial charge in [-0.05, 0) is 51.8 Å². The molecule has 6 heteroatoms. The lowest BCUT2D eigenvalue weighted by atomic mass is 9.97. The molecule has 5 nitrogen and oxygen atoms in total. The second-order valence-electron chi connectivity index (χ2n) is 6.13. The van der Waals surface area contributed by atoms with Crippen molar-refractivity contribution < 1.29 is 4.79 Å². The fraction of sp³-hybridized carbons (Fsp3) is 0.333. The number of thioether (sulfide) groups is 1. The Hall–Kier alpha value is -2.21. The molecular weight excluding hydrogens is 320 g/mol. The van der Waals surface area contributed by atoms with E-state index < -0.39 is 0 Å². The number of carbonyl (C=O) groups excluding carboxylic acids is 1. The number of nitrogens with zero attached hydrogens (tertiary/aromatic N) is 4. The Morgan fingerprint density at radius 1 is 1.04 bits per heavy atom. The van der Waals surface area contributed by atoms with E-state index in [1.807, 2.05) is 52.8 Å². The zero-order chi connectivity index (χ0) is 17.4. The second-order valence-corrected chi connectivity index (χ2v) is 7.07. The number of Topliss-reactive ketones (excluding diaryl/α,β-unsaturated/α-hetero) is 1. The summed E-state index contributed by atoms with van der Waals surface area (Å²) >= 11 is 1.35. The number of aryl methyl sites for hydroxylation is 5. The summed E-state index contributed by atoms with van der Waals surface area (Å²) in [6.07, 6.45) is 0. The normalized spacial score (nSPS) is 11.2. The maximum atomic E-state index is 12.6. The molecule has 0 aliphatic rings. The van der Waals surface area contributed by atoms with E-state index in [-0.39, 0.29) is 5.78 Å². The monoisotopic (exact) mass is 340 g/mol. The first-order valence-electron chi connectivity index (χ1n) is 7.80. The molecule has 3 rings (SSSR count). The Bertz CT molecular complexity index is 923. The Labute approximate surface area is 145 Å². The average molecular weight is 340 g/mol. The van der Waals surface area contributed by atoms with Crippen LogP contribution in [0, 0.1) is 34.6 Å². The summed E-state index contributed by atoms with van der Waals surface area (Å²) in [5.41, 5.74) is 5.91. The van der Waals surface area contributed by atoms with Gasteiger partial charge in [-0.3, -0.25) is 4.79 Å². The molecule has 0 saturated carbocycles. The molecule has 24 heavy (non-hydrogen) atoms. The number of fused-ring (bicyclic) bond motifs is 1. The van der Waals surface area contributed by atoms with Gasteiger partial charge < -0.3 is 0 Å². The standard InChI is InChI=1S/C18H20N4OS/c1-10-6-11(2)16(12(3)7-10)15(23)9-24-18-20-17-19-13(4)8-14(5)22(17)21-18/h6-8H,9H2,1-5H3. The Morgan fingerprint density at radius 3 is 2.38 bits per heavy atom. The number of benzene rings is 1. The van der Waals surface area contributed by atoms with E-state index in [0.29, 0.717) is 16.7 Å². The average Bonchev–Trinajstić information content (AvgIpc) is 2.87. The van der Waals surface area contributed by atoms with E-state index in [1.54, 1.807) is 4.52 Å². The zero-order valence-electron chi connectivity index (χ0n) is 14.5. The van der Waals surface area contributed by atoms with Crippen molar-refractivity contribution in [1.29, 1.82) is 0 Å². The molecule has 0 aliphatic carbocycles. The third-order valence-corrected chi connectivity index (χ3v) is 4.72. The van der Waals surface area contributed by atoms with Gasteiger partial charge in [0, 0.05) is 17.0 Å². The maximum absolute atomic E-state index is 12.6. The summed E-state index contributed by atoms with van der Waals surface area (Å²) in [4.78, 5) is 21.4. The van der Waals surface area contributed by atoms with Crippen LogP contribution in [0.15, 0.2) is 23.4 Å². The largest absolute Gasteiger partial charge is 0.293 e. The summed E-state index contributed by atoms with van der Waals surface area (Å²) in [7, 11) is 0. The van der Waals surface area contributed by atoms with Crippen molar-refractivity contribution in [2.24, 2.45) is 0 Å². The van der Waals surface area contributed by atoms with Crippen LogP contribution in [-0.4, -0.2) is 31.1 Å². The number of aromatic nitrogens is 4. The van der Waals surface area contributed by atoms with Crippen LogP contribution in [0.2, 0.25) is 0 Å². The van der Waals surface area contributed by atoms with Crippen molar-refractivity contribution in [3.8, 4) is 0 Å². The fourth-order valence-electron chi connectivity index (χ4n) is 3.03. The lowest BCUT2D eigenvalue weighted by molar-refractivity contribution is 0.102. The van der Waals surface area contributed by atoms with E-state index in [9.17, 15) is 4.79 Å². The summed E-state index contributed by atoms with van der Waals surface area (Å²) in [5, 5.41) is 5.01. The minimum Gasteiger partial charge on any atom is -0.293 e. The molecule has 0 aliphatic heterocycles. The van der Waals surface area contributed by atoms with Crippen LogP contribution in [0.3, 0.4) is 0 Å². The number of ketones is 1. The highest BCUT2D eigenvalue weighted by atomic mass is 32.2. The molecule has 0 saturated heterocycles. The van der Waals surface area contributed by atoms with Gasteiger partial charge in [0.05, 0.1) is 5.75 Å². The van der Waals surface area contributed by atoms with Gasteiger partial charge in [-0.2, -0.15) is 4.98 Å². The maximum Gasteiger partial charge on any atom is 0.253 e. The van der Waals surface area contributed by atoms with Crippen LogP contribution in [0.25, 0.3) is 5.78 Å². The zero-order valence-corrected chi connectivity index (χ0v) is 15.4. The second kappa shape index (κ2) is 6.36. The minimum atomic E-state index is 0.106. The first-order chi connectivity index (χ1) is 11.3. The molecule has 0 radical (unpaired) electrons. The summed E-state index contributed by atoms with van der Waals surface area (Å²) in [6, 6.07) is 6.05. The van der Waals surface area contributed by atoms with Gasteiger partial charge in [0.15, 0.2) is 5.78 Å². The molecule has 0 fully saturated rings. The fourth-order valence-corrected chi connectivity index (χ4v) is 3.72. The van der Waals surface area contributed by atoms with Crippen molar-refractivity contribution in [1.82, 2.24) is 19.6 Å². The summed E-state index contributed by atoms with van der Waals surface area (Å²) < 4.78 is 1.71. The highest BCUT2D eigenvalue weighted by Gasteiger charge is 2.15.